The van der Waals surface area contributed by atoms with Crippen LogP contribution in [-0.4, -0.2) is 6.04 Å². The fraction of sp³-hybridized carbons (Fsp3) is 0.400. The zero-order chi connectivity index (χ0) is 16.8. The number of halogens is 2. The monoisotopic (exact) mass is 363 g/mol. The van der Waals surface area contributed by atoms with Gasteiger partial charge >= 0.3 is 0 Å². The Balaban J connectivity index is 1.56. The molecule has 1 aliphatic carbocycles. The van der Waals surface area contributed by atoms with Crippen LogP contribution in [-0.2, 0) is 13.2 Å². The zero-order valence-corrected chi connectivity index (χ0v) is 15.2. The molecule has 4 heteroatoms. The number of nitrogens with one attached hydrogen (secondary N) is 1. The summed E-state index contributed by atoms with van der Waals surface area (Å²) in [7, 11) is 0. The van der Waals surface area contributed by atoms with Crippen molar-refractivity contribution in [1.82, 2.24) is 5.32 Å². The first-order valence-corrected chi connectivity index (χ1v) is 9.36. The molecule has 1 saturated carbocycles. The number of hydrogen-bond acceptors (Lipinski definition) is 2. The Bertz CT molecular complexity index is 648. The van der Waals surface area contributed by atoms with Crippen molar-refractivity contribution in [2.45, 2.75) is 51.3 Å². The van der Waals surface area contributed by atoms with Gasteiger partial charge in [0.2, 0.25) is 0 Å². The Morgan fingerprint density at radius 2 is 1.67 bits per heavy atom. The summed E-state index contributed by atoms with van der Waals surface area (Å²) in [6.45, 7) is 1.26. The second kappa shape index (κ2) is 8.75. The molecule has 24 heavy (non-hydrogen) atoms. The van der Waals surface area contributed by atoms with Crippen LogP contribution in [0.25, 0.3) is 0 Å². The van der Waals surface area contributed by atoms with Crippen molar-refractivity contribution in [3.05, 3.63) is 63.6 Å². The van der Waals surface area contributed by atoms with Gasteiger partial charge in [-0.05, 0) is 42.7 Å². The van der Waals surface area contributed by atoms with Crippen molar-refractivity contribution in [2.24, 2.45) is 0 Å². The summed E-state index contributed by atoms with van der Waals surface area (Å²) in [6.07, 6.45) is 6.66. The lowest BCUT2D eigenvalue weighted by atomic mass is 9.95. The molecule has 0 aliphatic heterocycles. The average Bonchev–Trinajstić information content (AvgIpc) is 2.61. The predicted molar refractivity (Wildman–Crippen MR) is 101 cm³/mol. The van der Waals surface area contributed by atoms with Crippen molar-refractivity contribution >= 4 is 23.2 Å². The summed E-state index contributed by atoms with van der Waals surface area (Å²) in [5, 5.41) is 4.93. The van der Waals surface area contributed by atoms with Gasteiger partial charge in [-0.25, -0.2) is 0 Å². The van der Waals surface area contributed by atoms with Crippen LogP contribution >= 0.6 is 23.2 Å². The molecule has 0 saturated heterocycles. The third kappa shape index (κ3) is 4.89. The van der Waals surface area contributed by atoms with Gasteiger partial charge in [0.15, 0.2) is 0 Å². The molecule has 0 radical (unpaired) electrons. The molecule has 2 aromatic carbocycles. The van der Waals surface area contributed by atoms with E-state index in [-0.39, 0.29) is 0 Å². The van der Waals surface area contributed by atoms with Gasteiger partial charge in [-0.15, -0.1) is 0 Å². The van der Waals surface area contributed by atoms with Crippen LogP contribution in [0, 0.1) is 0 Å². The minimum atomic E-state index is 0.373. The van der Waals surface area contributed by atoms with Crippen LogP contribution in [0.15, 0.2) is 42.5 Å². The second-order valence-corrected chi connectivity index (χ2v) is 7.17. The van der Waals surface area contributed by atoms with Crippen LogP contribution < -0.4 is 10.1 Å². The molecule has 3 rings (SSSR count). The van der Waals surface area contributed by atoms with Crippen molar-refractivity contribution in [3.8, 4) is 5.75 Å². The number of hydrogen-bond donors (Lipinski definition) is 1. The largest absolute Gasteiger partial charge is 0.489 e. The molecular weight excluding hydrogens is 341 g/mol. The van der Waals surface area contributed by atoms with E-state index >= 15 is 0 Å². The summed E-state index contributed by atoms with van der Waals surface area (Å²) in [5.74, 6) is 0.842. The molecule has 128 valence electrons. The fourth-order valence-corrected chi connectivity index (χ4v) is 3.65. The standard InChI is InChI=1S/C20H23Cl2NO/c21-19-10-5-11-20(22)18(19)14-24-17-9-4-6-15(12-17)13-23-16-7-2-1-3-8-16/h4-6,9-12,16,23H,1-3,7-8,13-14H2. The highest BCUT2D eigenvalue weighted by Crippen LogP contribution is 2.26. The lowest BCUT2D eigenvalue weighted by Gasteiger charge is -2.23. The molecule has 2 aromatic rings. The molecule has 0 amide bonds. The van der Waals surface area contributed by atoms with Crippen molar-refractivity contribution < 1.29 is 4.74 Å². The molecule has 2 nitrogen and oxygen atoms in total. The third-order valence-electron chi connectivity index (χ3n) is 4.54. The molecule has 0 heterocycles. The first-order chi connectivity index (χ1) is 11.7. The van der Waals surface area contributed by atoms with E-state index in [1.807, 2.05) is 30.3 Å². The quantitative estimate of drug-likeness (QED) is 0.679. The van der Waals surface area contributed by atoms with Gasteiger partial charge in [0, 0.05) is 28.2 Å². The highest BCUT2D eigenvalue weighted by molar-refractivity contribution is 6.35. The summed E-state index contributed by atoms with van der Waals surface area (Å²) in [4.78, 5) is 0. The highest BCUT2D eigenvalue weighted by atomic mass is 35.5. The van der Waals surface area contributed by atoms with Gasteiger partial charge in [0.25, 0.3) is 0 Å². The smallest absolute Gasteiger partial charge is 0.120 e. The molecular formula is C20H23Cl2NO. The van der Waals surface area contributed by atoms with Crippen LogP contribution in [0.2, 0.25) is 10.0 Å². The van der Waals surface area contributed by atoms with Gasteiger partial charge in [0.05, 0.1) is 0 Å². The highest BCUT2D eigenvalue weighted by Gasteiger charge is 2.12. The van der Waals surface area contributed by atoms with Gasteiger partial charge in [-0.1, -0.05) is 60.7 Å². The lowest BCUT2D eigenvalue weighted by Crippen LogP contribution is -2.30. The minimum Gasteiger partial charge on any atom is -0.489 e. The van der Waals surface area contributed by atoms with Crippen LogP contribution in [0.4, 0.5) is 0 Å². The Hall–Kier alpha value is -1.22. The van der Waals surface area contributed by atoms with E-state index in [1.165, 1.54) is 37.7 Å². The molecule has 1 aliphatic rings. The number of rotatable bonds is 6. The Kier molecular flexibility index (Phi) is 6.42. The fourth-order valence-electron chi connectivity index (χ4n) is 3.14. The summed E-state index contributed by atoms with van der Waals surface area (Å²) >= 11 is 12.4. The van der Waals surface area contributed by atoms with E-state index in [4.69, 9.17) is 27.9 Å². The van der Waals surface area contributed by atoms with Crippen LogP contribution in [0.1, 0.15) is 43.2 Å². The second-order valence-electron chi connectivity index (χ2n) is 6.35. The Labute approximate surface area is 154 Å². The lowest BCUT2D eigenvalue weighted by molar-refractivity contribution is 0.305. The molecule has 0 bridgehead atoms. The Morgan fingerprint density at radius 3 is 2.42 bits per heavy atom. The predicted octanol–water partition coefficient (Wildman–Crippen LogP) is 5.99. The van der Waals surface area contributed by atoms with E-state index in [0.29, 0.717) is 22.7 Å². The third-order valence-corrected chi connectivity index (χ3v) is 5.25. The molecule has 0 unspecified atom stereocenters. The van der Waals surface area contributed by atoms with E-state index in [0.717, 1.165) is 17.9 Å². The first kappa shape index (κ1) is 17.6. The summed E-state index contributed by atoms with van der Waals surface area (Å²) < 4.78 is 5.89. The first-order valence-electron chi connectivity index (χ1n) is 8.60. The van der Waals surface area contributed by atoms with Crippen LogP contribution in [0.5, 0.6) is 5.75 Å². The van der Waals surface area contributed by atoms with E-state index in [1.54, 1.807) is 0 Å². The maximum absolute atomic E-state index is 6.19. The van der Waals surface area contributed by atoms with Crippen molar-refractivity contribution in [3.63, 3.8) is 0 Å². The SMILES string of the molecule is Clc1cccc(Cl)c1COc1cccc(CNC2CCCCC2)c1. The Morgan fingerprint density at radius 1 is 0.958 bits per heavy atom. The van der Waals surface area contributed by atoms with Gasteiger partial charge in [-0.3, -0.25) is 0 Å². The summed E-state index contributed by atoms with van der Waals surface area (Å²) in [6, 6.07) is 14.4. The average molecular weight is 364 g/mol. The maximum Gasteiger partial charge on any atom is 0.120 e. The van der Waals surface area contributed by atoms with Crippen molar-refractivity contribution in [1.29, 1.82) is 0 Å². The van der Waals surface area contributed by atoms with E-state index in [9.17, 15) is 0 Å². The van der Waals surface area contributed by atoms with Gasteiger partial charge < -0.3 is 10.1 Å². The molecule has 1 fully saturated rings. The normalized spacial score (nSPS) is 15.4. The molecule has 0 spiro atoms. The zero-order valence-electron chi connectivity index (χ0n) is 13.7. The topological polar surface area (TPSA) is 21.3 Å². The number of ether oxygens (including phenoxy) is 1. The molecule has 0 aromatic heterocycles. The maximum atomic E-state index is 6.19. The van der Waals surface area contributed by atoms with Crippen LogP contribution in [0.3, 0.4) is 0 Å². The molecule has 1 N–H and O–H groups in total. The van der Waals surface area contributed by atoms with E-state index < -0.39 is 0 Å². The summed E-state index contributed by atoms with van der Waals surface area (Å²) in [5.41, 5.74) is 2.06. The van der Waals surface area contributed by atoms with Gasteiger partial charge in [-0.2, -0.15) is 0 Å². The minimum absolute atomic E-state index is 0.373. The van der Waals surface area contributed by atoms with E-state index in [2.05, 4.69) is 17.4 Å². The van der Waals surface area contributed by atoms with Crippen molar-refractivity contribution in [2.75, 3.05) is 0 Å². The van der Waals surface area contributed by atoms with Gasteiger partial charge in [0.1, 0.15) is 12.4 Å². The molecule has 0 atom stereocenters. The number of benzene rings is 2.